The van der Waals surface area contributed by atoms with Gasteiger partial charge in [-0.2, -0.15) is 0 Å². The maximum absolute atomic E-state index is 6.18. The van der Waals surface area contributed by atoms with E-state index in [2.05, 4.69) is 19.9 Å². The van der Waals surface area contributed by atoms with Crippen LogP contribution in [0, 0.1) is 19.8 Å². The summed E-state index contributed by atoms with van der Waals surface area (Å²) in [4.78, 5) is 0. The number of hydrogen-bond acceptors (Lipinski definition) is 2. The van der Waals surface area contributed by atoms with Crippen molar-refractivity contribution in [2.24, 2.45) is 17.4 Å². The average molecular weight is 227 g/mol. The van der Waals surface area contributed by atoms with Crippen LogP contribution in [0.2, 0.25) is 5.02 Å². The highest BCUT2D eigenvalue weighted by atomic mass is 35.5. The zero-order valence-corrected chi connectivity index (χ0v) is 10.1. The van der Waals surface area contributed by atoms with Crippen LogP contribution in [0.15, 0.2) is 12.1 Å². The Hall–Kier alpha value is -0.570. The molecule has 0 fully saturated rings. The summed E-state index contributed by atoms with van der Waals surface area (Å²) in [6.07, 6.45) is 0.868. The summed E-state index contributed by atoms with van der Waals surface area (Å²) in [5, 5.41) is 0.824. The fourth-order valence-electron chi connectivity index (χ4n) is 1.57. The van der Waals surface area contributed by atoms with E-state index in [0.717, 1.165) is 17.0 Å². The van der Waals surface area contributed by atoms with Gasteiger partial charge >= 0.3 is 0 Å². The van der Waals surface area contributed by atoms with Crippen molar-refractivity contribution in [3.63, 3.8) is 0 Å². The molecule has 1 aromatic carbocycles. The highest BCUT2D eigenvalue weighted by Crippen LogP contribution is 2.23. The second-order valence-corrected chi connectivity index (χ2v) is 4.48. The van der Waals surface area contributed by atoms with E-state index in [1.165, 1.54) is 11.1 Å². The number of nitrogens with two attached hydrogens (primary N) is 2. The van der Waals surface area contributed by atoms with Gasteiger partial charge in [-0.15, -0.1) is 0 Å². The van der Waals surface area contributed by atoms with Crippen LogP contribution in [0.3, 0.4) is 0 Å². The van der Waals surface area contributed by atoms with Crippen molar-refractivity contribution in [2.45, 2.75) is 20.3 Å². The Bertz CT molecular complexity index is 333. The maximum atomic E-state index is 6.18. The molecule has 0 spiro atoms. The van der Waals surface area contributed by atoms with Crippen LogP contribution >= 0.6 is 11.6 Å². The minimum atomic E-state index is 0.324. The fraction of sp³-hybridized carbons (Fsp3) is 0.500. The van der Waals surface area contributed by atoms with Crippen LogP contribution in [0.1, 0.15) is 16.7 Å². The van der Waals surface area contributed by atoms with E-state index in [1.807, 2.05) is 6.07 Å². The lowest BCUT2D eigenvalue weighted by Crippen LogP contribution is -2.25. The van der Waals surface area contributed by atoms with Crippen molar-refractivity contribution in [3.05, 3.63) is 33.8 Å². The predicted molar refractivity (Wildman–Crippen MR) is 66.2 cm³/mol. The van der Waals surface area contributed by atoms with E-state index in [1.54, 1.807) is 0 Å². The number of rotatable bonds is 4. The molecule has 4 N–H and O–H groups in total. The van der Waals surface area contributed by atoms with Gasteiger partial charge < -0.3 is 11.5 Å². The third-order valence-corrected chi connectivity index (χ3v) is 3.19. The third kappa shape index (κ3) is 3.20. The quantitative estimate of drug-likeness (QED) is 0.826. The molecule has 0 atom stereocenters. The molecule has 0 heterocycles. The Balaban J connectivity index is 2.89. The van der Waals surface area contributed by atoms with E-state index >= 15 is 0 Å². The van der Waals surface area contributed by atoms with Crippen molar-refractivity contribution >= 4 is 11.6 Å². The molecule has 1 aromatic rings. The van der Waals surface area contributed by atoms with Gasteiger partial charge in [0.1, 0.15) is 0 Å². The molecule has 0 unspecified atom stereocenters. The molecule has 3 heteroatoms. The van der Waals surface area contributed by atoms with Crippen LogP contribution in [0.4, 0.5) is 0 Å². The molecule has 0 bridgehead atoms. The van der Waals surface area contributed by atoms with Gasteiger partial charge in [0.25, 0.3) is 0 Å². The molecule has 0 saturated heterocycles. The molecular formula is C12H19ClN2. The normalized spacial score (nSPS) is 11.1. The lowest BCUT2D eigenvalue weighted by Gasteiger charge is -2.14. The Labute approximate surface area is 96.6 Å². The first kappa shape index (κ1) is 12.5. The summed E-state index contributed by atoms with van der Waals surface area (Å²) >= 11 is 6.18. The van der Waals surface area contributed by atoms with Gasteiger partial charge in [-0.25, -0.2) is 0 Å². The van der Waals surface area contributed by atoms with Crippen LogP contribution in [0.5, 0.6) is 0 Å². The zero-order chi connectivity index (χ0) is 11.4. The molecule has 0 saturated carbocycles. The average Bonchev–Trinajstić information content (AvgIpc) is 2.21. The number of aryl methyl sites for hydroxylation is 2. The SMILES string of the molecule is Cc1cc(Cl)c(CC(CN)CN)cc1C. The summed E-state index contributed by atoms with van der Waals surface area (Å²) in [5.74, 6) is 0.324. The van der Waals surface area contributed by atoms with Gasteiger partial charge in [0.2, 0.25) is 0 Å². The highest BCUT2D eigenvalue weighted by molar-refractivity contribution is 6.31. The molecule has 0 aliphatic rings. The van der Waals surface area contributed by atoms with Gasteiger partial charge in [0, 0.05) is 5.02 Å². The Morgan fingerprint density at radius 3 is 2.20 bits per heavy atom. The zero-order valence-electron chi connectivity index (χ0n) is 9.39. The summed E-state index contributed by atoms with van der Waals surface area (Å²) in [5.41, 5.74) is 14.9. The lowest BCUT2D eigenvalue weighted by atomic mass is 9.96. The lowest BCUT2D eigenvalue weighted by molar-refractivity contribution is 0.548. The number of halogens is 1. The molecule has 15 heavy (non-hydrogen) atoms. The molecule has 2 nitrogen and oxygen atoms in total. The summed E-state index contributed by atoms with van der Waals surface area (Å²) < 4.78 is 0. The number of hydrogen-bond donors (Lipinski definition) is 2. The van der Waals surface area contributed by atoms with Gasteiger partial charge in [0.05, 0.1) is 0 Å². The van der Waals surface area contributed by atoms with Gasteiger partial charge in [-0.1, -0.05) is 17.7 Å². The van der Waals surface area contributed by atoms with Crippen molar-refractivity contribution in [3.8, 4) is 0 Å². The molecule has 0 amide bonds. The van der Waals surface area contributed by atoms with Gasteiger partial charge in [-0.05, 0) is 62.0 Å². The van der Waals surface area contributed by atoms with Crippen molar-refractivity contribution in [1.82, 2.24) is 0 Å². The Kier molecular flexibility index (Phi) is 4.58. The van der Waals surface area contributed by atoms with Gasteiger partial charge in [-0.3, -0.25) is 0 Å². The molecular weight excluding hydrogens is 208 g/mol. The number of benzene rings is 1. The standard InChI is InChI=1S/C12H19ClN2/c1-8-3-11(5-10(6-14)7-15)12(13)4-9(8)2/h3-4,10H,5-7,14-15H2,1-2H3. The van der Waals surface area contributed by atoms with E-state index in [0.29, 0.717) is 19.0 Å². The van der Waals surface area contributed by atoms with E-state index < -0.39 is 0 Å². The molecule has 0 aromatic heterocycles. The Morgan fingerprint density at radius 2 is 1.67 bits per heavy atom. The maximum Gasteiger partial charge on any atom is 0.0440 e. The summed E-state index contributed by atoms with van der Waals surface area (Å²) in [7, 11) is 0. The smallest absolute Gasteiger partial charge is 0.0440 e. The van der Waals surface area contributed by atoms with Crippen LogP contribution in [-0.2, 0) is 6.42 Å². The summed E-state index contributed by atoms with van der Waals surface area (Å²) in [6, 6.07) is 4.15. The van der Waals surface area contributed by atoms with Crippen LogP contribution in [0.25, 0.3) is 0 Å². The molecule has 0 aliphatic carbocycles. The second kappa shape index (κ2) is 5.50. The highest BCUT2D eigenvalue weighted by Gasteiger charge is 2.09. The second-order valence-electron chi connectivity index (χ2n) is 4.07. The van der Waals surface area contributed by atoms with Crippen LogP contribution < -0.4 is 11.5 Å². The van der Waals surface area contributed by atoms with E-state index in [4.69, 9.17) is 23.1 Å². The first-order chi connectivity index (χ1) is 7.08. The monoisotopic (exact) mass is 226 g/mol. The van der Waals surface area contributed by atoms with Gasteiger partial charge in [0.15, 0.2) is 0 Å². The first-order valence-corrected chi connectivity index (χ1v) is 5.62. The minimum absolute atomic E-state index is 0.324. The topological polar surface area (TPSA) is 52.0 Å². The molecule has 0 radical (unpaired) electrons. The third-order valence-electron chi connectivity index (χ3n) is 2.84. The van der Waals surface area contributed by atoms with Crippen molar-refractivity contribution in [1.29, 1.82) is 0 Å². The van der Waals surface area contributed by atoms with E-state index in [-0.39, 0.29) is 0 Å². The van der Waals surface area contributed by atoms with Crippen molar-refractivity contribution < 1.29 is 0 Å². The van der Waals surface area contributed by atoms with Crippen LogP contribution in [-0.4, -0.2) is 13.1 Å². The molecule has 1 rings (SSSR count). The summed E-state index contributed by atoms with van der Waals surface area (Å²) in [6.45, 7) is 5.38. The van der Waals surface area contributed by atoms with E-state index in [9.17, 15) is 0 Å². The molecule has 0 aliphatic heterocycles. The molecule has 84 valence electrons. The predicted octanol–water partition coefficient (Wildman–Crippen LogP) is 2.03. The first-order valence-electron chi connectivity index (χ1n) is 5.24. The largest absolute Gasteiger partial charge is 0.330 e. The van der Waals surface area contributed by atoms with Crippen molar-refractivity contribution in [2.75, 3.05) is 13.1 Å². The Morgan fingerprint density at radius 1 is 1.13 bits per heavy atom. The fourth-order valence-corrected chi connectivity index (χ4v) is 1.87. The minimum Gasteiger partial charge on any atom is -0.330 e.